The second-order valence-corrected chi connectivity index (χ2v) is 8.81. The first-order valence-electron chi connectivity index (χ1n) is 10.8. The van der Waals surface area contributed by atoms with E-state index in [9.17, 15) is 10.1 Å². The van der Waals surface area contributed by atoms with E-state index >= 15 is 0 Å². The van der Waals surface area contributed by atoms with Crippen molar-refractivity contribution in [1.82, 2.24) is 5.32 Å². The molecule has 0 radical (unpaired) electrons. The standard InChI is InChI=1S/C27H23Cl3N2O3/c1-3-34-25-13-18(11-21(15-31)27(33)32-17(2)19-7-5-4-6-8-19)12-24(30)26(25)35-16-20-9-10-22(28)14-23(20)29/h4-14,17H,3,16H2,1-2H3,(H,32,33)/b21-11-/t17-/m0/s1. The molecule has 0 aliphatic carbocycles. The Kier molecular flexibility index (Phi) is 9.45. The minimum Gasteiger partial charge on any atom is -0.490 e. The van der Waals surface area contributed by atoms with E-state index in [2.05, 4.69) is 5.32 Å². The summed E-state index contributed by atoms with van der Waals surface area (Å²) in [6.45, 7) is 4.19. The van der Waals surface area contributed by atoms with Gasteiger partial charge >= 0.3 is 0 Å². The summed E-state index contributed by atoms with van der Waals surface area (Å²) >= 11 is 18.7. The zero-order chi connectivity index (χ0) is 25.4. The molecule has 8 heteroatoms. The number of rotatable bonds is 9. The molecule has 3 rings (SSSR count). The Morgan fingerprint density at radius 1 is 1.06 bits per heavy atom. The maximum absolute atomic E-state index is 12.7. The zero-order valence-corrected chi connectivity index (χ0v) is 21.4. The minimum absolute atomic E-state index is 0.0621. The quantitative estimate of drug-likeness (QED) is 0.231. The average molecular weight is 530 g/mol. The maximum atomic E-state index is 12.7. The molecule has 0 aliphatic heterocycles. The zero-order valence-electron chi connectivity index (χ0n) is 19.1. The van der Waals surface area contributed by atoms with Crippen LogP contribution in [0.3, 0.4) is 0 Å². The van der Waals surface area contributed by atoms with Gasteiger partial charge < -0.3 is 14.8 Å². The Morgan fingerprint density at radius 2 is 1.80 bits per heavy atom. The van der Waals surface area contributed by atoms with Gasteiger partial charge in [-0.05, 0) is 55.3 Å². The molecular formula is C27H23Cl3N2O3. The highest BCUT2D eigenvalue weighted by Gasteiger charge is 2.17. The van der Waals surface area contributed by atoms with Crippen molar-refractivity contribution in [3.8, 4) is 17.6 Å². The Balaban J connectivity index is 1.83. The number of carbonyl (C=O) groups excluding carboxylic acids is 1. The summed E-state index contributed by atoms with van der Waals surface area (Å²) in [5, 5.41) is 13.7. The molecule has 5 nitrogen and oxygen atoms in total. The Hall–Kier alpha value is -3.17. The van der Waals surface area contributed by atoms with Crippen molar-refractivity contribution in [3.05, 3.63) is 98.0 Å². The van der Waals surface area contributed by atoms with Crippen molar-refractivity contribution in [2.75, 3.05) is 6.61 Å². The van der Waals surface area contributed by atoms with Crippen molar-refractivity contribution >= 4 is 46.8 Å². The van der Waals surface area contributed by atoms with E-state index < -0.39 is 5.91 Å². The molecule has 3 aromatic rings. The Bertz CT molecular complexity index is 1270. The first kappa shape index (κ1) is 26.4. The highest BCUT2D eigenvalue weighted by atomic mass is 35.5. The van der Waals surface area contributed by atoms with Crippen molar-refractivity contribution in [2.24, 2.45) is 0 Å². The molecule has 1 N–H and O–H groups in total. The van der Waals surface area contributed by atoms with E-state index in [1.54, 1.807) is 30.3 Å². The highest BCUT2D eigenvalue weighted by Crippen LogP contribution is 2.38. The number of hydrogen-bond acceptors (Lipinski definition) is 4. The molecule has 180 valence electrons. The molecule has 1 atom stereocenters. The normalized spacial score (nSPS) is 11.9. The third-order valence-electron chi connectivity index (χ3n) is 5.04. The summed E-state index contributed by atoms with van der Waals surface area (Å²) < 4.78 is 11.6. The molecule has 1 amide bonds. The first-order valence-corrected chi connectivity index (χ1v) is 12.0. The van der Waals surface area contributed by atoms with E-state index in [-0.39, 0.29) is 23.2 Å². The van der Waals surface area contributed by atoms with E-state index in [1.807, 2.05) is 50.2 Å². The predicted molar refractivity (Wildman–Crippen MR) is 140 cm³/mol. The van der Waals surface area contributed by atoms with Crippen LogP contribution in [0.25, 0.3) is 6.08 Å². The van der Waals surface area contributed by atoms with Crippen LogP contribution in [0.5, 0.6) is 11.5 Å². The number of benzene rings is 3. The van der Waals surface area contributed by atoms with Crippen molar-refractivity contribution in [1.29, 1.82) is 5.26 Å². The van der Waals surface area contributed by atoms with Crippen LogP contribution in [0.1, 0.15) is 36.6 Å². The van der Waals surface area contributed by atoms with Gasteiger partial charge in [-0.1, -0.05) is 71.2 Å². The van der Waals surface area contributed by atoms with Crippen LogP contribution in [-0.4, -0.2) is 12.5 Å². The lowest BCUT2D eigenvalue weighted by molar-refractivity contribution is -0.117. The molecular weight excluding hydrogens is 507 g/mol. The number of ether oxygens (including phenoxy) is 2. The average Bonchev–Trinajstić information content (AvgIpc) is 2.83. The Labute approximate surface area is 219 Å². The largest absolute Gasteiger partial charge is 0.490 e. The topological polar surface area (TPSA) is 71.3 Å². The lowest BCUT2D eigenvalue weighted by Gasteiger charge is -2.16. The number of carbonyl (C=O) groups is 1. The fourth-order valence-electron chi connectivity index (χ4n) is 3.28. The van der Waals surface area contributed by atoms with Crippen molar-refractivity contribution < 1.29 is 14.3 Å². The highest BCUT2D eigenvalue weighted by molar-refractivity contribution is 6.35. The second kappa shape index (κ2) is 12.5. The van der Waals surface area contributed by atoms with Crippen LogP contribution in [-0.2, 0) is 11.4 Å². The lowest BCUT2D eigenvalue weighted by Crippen LogP contribution is -2.27. The van der Waals surface area contributed by atoms with E-state index in [1.165, 1.54) is 6.08 Å². The summed E-state index contributed by atoms with van der Waals surface area (Å²) in [6, 6.07) is 19.6. The SMILES string of the molecule is CCOc1cc(/C=C(/C#N)C(=O)N[C@@H](C)c2ccccc2)cc(Cl)c1OCc1ccc(Cl)cc1Cl. The number of halogens is 3. The lowest BCUT2D eigenvalue weighted by atomic mass is 10.1. The van der Waals surface area contributed by atoms with Crippen LogP contribution in [0.15, 0.2) is 66.2 Å². The summed E-state index contributed by atoms with van der Waals surface area (Å²) in [5.74, 6) is 0.222. The minimum atomic E-state index is -0.490. The van der Waals surface area contributed by atoms with Gasteiger partial charge in [0.2, 0.25) is 0 Å². The maximum Gasteiger partial charge on any atom is 0.262 e. The molecule has 0 saturated heterocycles. The van der Waals surface area contributed by atoms with Gasteiger partial charge in [-0.15, -0.1) is 0 Å². The van der Waals surface area contributed by atoms with Gasteiger partial charge in [-0.25, -0.2) is 0 Å². The van der Waals surface area contributed by atoms with Gasteiger partial charge in [-0.3, -0.25) is 4.79 Å². The molecule has 35 heavy (non-hydrogen) atoms. The molecule has 3 aromatic carbocycles. The third kappa shape index (κ3) is 7.16. The number of nitriles is 1. The van der Waals surface area contributed by atoms with Gasteiger partial charge in [0.05, 0.1) is 17.7 Å². The predicted octanol–water partition coefficient (Wildman–Crippen LogP) is 7.41. The third-order valence-corrected chi connectivity index (χ3v) is 5.91. The van der Waals surface area contributed by atoms with Crippen molar-refractivity contribution in [2.45, 2.75) is 26.5 Å². The van der Waals surface area contributed by atoms with Gasteiger partial charge in [0.1, 0.15) is 18.2 Å². The summed E-state index contributed by atoms with van der Waals surface area (Å²) in [6.07, 6.45) is 1.46. The summed E-state index contributed by atoms with van der Waals surface area (Å²) in [5.41, 5.74) is 2.12. The van der Waals surface area contributed by atoms with Crippen LogP contribution in [0, 0.1) is 11.3 Å². The van der Waals surface area contributed by atoms with E-state index in [0.29, 0.717) is 33.7 Å². The molecule has 0 saturated carbocycles. The summed E-state index contributed by atoms with van der Waals surface area (Å²) in [7, 11) is 0. The van der Waals surface area contributed by atoms with E-state index in [4.69, 9.17) is 44.3 Å². The number of hydrogen-bond donors (Lipinski definition) is 1. The fraction of sp³-hybridized carbons (Fsp3) is 0.185. The van der Waals surface area contributed by atoms with Gasteiger partial charge in [0, 0.05) is 15.6 Å². The van der Waals surface area contributed by atoms with Crippen LogP contribution >= 0.6 is 34.8 Å². The first-order chi connectivity index (χ1) is 16.8. The van der Waals surface area contributed by atoms with Crippen LogP contribution < -0.4 is 14.8 Å². The van der Waals surface area contributed by atoms with Gasteiger partial charge in [-0.2, -0.15) is 5.26 Å². The second-order valence-electron chi connectivity index (χ2n) is 7.56. The molecule has 0 aliphatic rings. The van der Waals surface area contributed by atoms with Crippen LogP contribution in [0.2, 0.25) is 15.1 Å². The van der Waals surface area contributed by atoms with Crippen LogP contribution in [0.4, 0.5) is 0 Å². The Morgan fingerprint density at radius 3 is 2.46 bits per heavy atom. The number of nitrogens with zero attached hydrogens (tertiary/aromatic N) is 1. The number of amides is 1. The molecule has 0 spiro atoms. The fourth-order valence-corrected chi connectivity index (χ4v) is 4.01. The summed E-state index contributed by atoms with van der Waals surface area (Å²) in [4.78, 5) is 12.7. The van der Waals surface area contributed by atoms with Crippen molar-refractivity contribution in [3.63, 3.8) is 0 Å². The number of nitrogens with one attached hydrogen (secondary N) is 1. The smallest absolute Gasteiger partial charge is 0.262 e. The molecule has 0 heterocycles. The molecule has 0 fully saturated rings. The monoisotopic (exact) mass is 528 g/mol. The molecule has 0 unspecified atom stereocenters. The van der Waals surface area contributed by atoms with E-state index in [0.717, 1.165) is 11.1 Å². The van der Waals surface area contributed by atoms with Gasteiger partial charge in [0.25, 0.3) is 5.91 Å². The molecule has 0 bridgehead atoms. The molecule has 0 aromatic heterocycles. The van der Waals surface area contributed by atoms with Gasteiger partial charge in [0.15, 0.2) is 11.5 Å².